The Bertz CT molecular complexity index is 1190. The predicted molar refractivity (Wildman–Crippen MR) is 114 cm³/mol. The van der Waals surface area contributed by atoms with Gasteiger partial charge in [-0.2, -0.15) is 4.98 Å². The summed E-state index contributed by atoms with van der Waals surface area (Å²) in [6.45, 7) is 0.962. The zero-order valence-corrected chi connectivity index (χ0v) is 17.0. The van der Waals surface area contributed by atoms with Crippen LogP contribution in [0.4, 0.5) is 0 Å². The van der Waals surface area contributed by atoms with Crippen LogP contribution >= 0.6 is 11.8 Å². The molecule has 4 heterocycles. The fourth-order valence-electron chi connectivity index (χ4n) is 3.62. The topological polar surface area (TPSA) is 81.4 Å². The molecule has 8 heteroatoms. The van der Waals surface area contributed by atoms with Crippen LogP contribution in [0.5, 0.6) is 0 Å². The first kappa shape index (κ1) is 17.7. The highest BCUT2D eigenvalue weighted by molar-refractivity contribution is 7.99. The summed E-state index contributed by atoms with van der Waals surface area (Å²) in [4.78, 5) is 18.0. The maximum atomic E-state index is 4.79. The van der Waals surface area contributed by atoms with E-state index in [-0.39, 0.29) is 6.17 Å². The minimum atomic E-state index is -0.106. The van der Waals surface area contributed by atoms with Crippen LogP contribution in [0.1, 0.15) is 24.6 Å². The number of benzene rings is 1. The number of pyridine rings is 1. The summed E-state index contributed by atoms with van der Waals surface area (Å²) in [7, 11) is 0. The molecule has 1 unspecified atom stereocenters. The van der Waals surface area contributed by atoms with Gasteiger partial charge in [0.1, 0.15) is 16.9 Å². The van der Waals surface area contributed by atoms with E-state index in [0.717, 1.165) is 39.3 Å². The van der Waals surface area contributed by atoms with Crippen molar-refractivity contribution in [3.63, 3.8) is 0 Å². The van der Waals surface area contributed by atoms with Gasteiger partial charge >= 0.3 is 0 Å². The van der Waals surface area contributed by atoms with Gasteiger partial charge in [0, 0.05) is 36.3 Å². The Labute approximate surface area is 178 Å². The molecule has 4 aromatic rings. The van der Waals surface area contributed by atoms with Gasteiger partial charge in [0.25, 0.3) is 0 Å². The molecule has 0 amide bonds. The molecule has 0 radical (unpaired) electrons. The van der Waals surface area contributed by atoms with Crippen LogP contribution in [0.2, 0.25) is 0 Å². The molecule has 0 saturated heterocycles. The average Bonchev–Trinajstić information content (AvgIpc) is 3.54. The number of nitrogens with one attached hydrogen (secondary N) is 1. The summed E-state index contributed by atoms with van der Waals surface area (Å²) in [5, 5.41) is 10.3. The summed E-state index contributed by atoms with van der Waals surface area (Å²) >= 11 is 1.55. The molecular formula is C22H19N7S. The zero-order valence-electron chi connectivity index (χ0n) is 16.1. The summed E-state index contributed by atoms with van der Waals surface area (Å²) in [5.41, 5.74) is 4.06. The van der Waals surface area contributed by atoms with E-state index in [4.69, 9.17) is 15.1 Å². The number of nitrogens with zero attached hydrogens (tertiary/aromatic N) is 6. The van der Waals surface area contributed by atoms with E-state index < -0.39 is 0 Å². The lowest BCUT2D eigenvalue weighted by Crippen LogP contribution is -2.33. The molecule has 3 aromatic heterocycles. The van der Waals surface area contributed by atoms with Crippen molar-refractivity contribution in [3.8, 4) is 22.6 Å². The summed E-state index contributed by atoms with van der Waals surface area (Å²) in [6, 6.07) is 12.6. The molecule has 0 bridgehead atoms. The van der Waals surface area contributed by atoms with Crippen molar-refractivity contribution in [1.29, 1.82) is 0 Å². The minimum absolute atomic E-state index is 0.106. The van der Waals surface area contributed by atoms with E-state index in [2.05, 4.69) is 45.6 Å². The number of aromatic nitrogens is 6. The lowest BCUT2D eigenvalue weighted by atomic mass is 10.0. The van der Waals surface area contributed by atoms with Gasteiger partial charge in [-0.3, -0.25) is 10.3 Å². The van der Waals surface area contributed by atoms with Gasteiger partial charge in [0.15, 0.2) is 5.16 Å². The molecule has 1 aromatic carbocycles. The standard InChI is InChI=1S/C22H19N7S/c1-2-4-15(5-3-1)16-10-17-20(25-11-14-6-7-14)29-22(30-21(17)26-12-16)27-19(28-29)18-13-23-8-9-24-18/h1-5,8-10,12-14,20,25H,6-7,11H2. The van der Waals surface area contributed by atoms with Crippen LogP contribution in [-0.4, -0.2) is 36.3 Å². The molecule has 1 fully saturated rings. The smallest absolute Gasteiger partial charge is 0.202 e. The molecule has 6 rings (SSSR count). The first-order chi connectivity index (χ1) is 14.8. The van der Waals surface area contributed by atoms with Crippen LogP contribution in [0.25, 0.3) is 22.6 Å². The number of hydrogen-bond donors (Lipinski definition) is 1. The van der Waals surface area contributed by atoms with E-state index in [1.165, 1.54) is 12.8 Å². The van der Waals surface area contributed by atoms with Crippen LogP contribution < -0.4 is 5.32 Å². The van der Waals surface area contributed by atoms with Crippen molar-refractivity contribution in [2.75, 3.05) is 6.54 Å². The Morgan fingerprint density at radius 1 is 1.03 bits per heavy atom. The largest absolute Gasteiger partial charge is 0.291 e. The van der Waals surface area contributed by atoms with Gasteiger partial charge in [0.05, 0.1) is 6.20 Å². The Kier molecular flexibility index (Phi) is 4.32. The van der Waals surface area contributed by atoms with E-state index in [9.17, 15) is 0 Å². The first-order valence-electron chi connectivity index (χ1n) is 10.0. The molecule has 1 N–H and O–H groups in total. The van der Waals surface area contributed by atoms with Crippen molar-refractivity contribution >= 4 is 11.8 Å². The van der Waals surface area contributed by atoms with Crippen molar-refractivity contribution in [3.05, 3.63) is 66.7 Å². The van der Waals surface area contributed by atoms with E-state index in [0.29, 0.717) is 11.5 Å². The zero-order chi connectivity index (χ0) is 19.9. The Hall–Kier alpha value is -3.10. The van der Waals surface area contributed by atoms with Crippen LogP contribution in [0, 0.1) is 5.92 Å². The lowest BCUT2D eigenvalue weighted by Gasteiger charge is -2.26. The Balaban J connectivity index is 1.43. The Morgan fingerprint density at radius 3 is 2.73 bits per heavy atom. The fourth-order valence-corrected chi connectivity index (χ4v) is 4.56. The van der Waals surface area contributed by atoms with Gasteiger partial charge in [-0.25, -0.2) is 14.6 Å². The molecule has 1 aliphatic heterocycles. The lowest BCUT2D eigenvalue weighted by molar-refractivity contribution is 0.381. The molecule has 1 atom stereocenters. The van der Waals surface area contributed by atoms with Gasteiger partial charge in [-0.05, 0) is 42.2 Å². The predicted octanol–water partition coefficient (Wildman–Crippen LogP) is 3.81. The monoisotopic (exact) mass is 413 g/mol. The second-order valence-corrected chi connectivity index (χ2v) is 8.55. The summed E-state index contributed by atoms with van der Waals surface area (Å²) < 4.78 is 1.97. The summed E-state index contributed by atoms with van der Waals surface area (Å²) in [6.07, 6.45) is 9.42. The second-order valence-electron chi connectivity index (χ2n) is 7.59. The quantitative estimate of drug-likeness (QED) is 0.533. The van der Waals surface area contributed by atoms with Crippen molar-refractivity contribution in [1.82, 2.24) is 35.0 Å². The Morgan fingerprint density at radius 2 is 1.93 bits per heavy atom. The van der Waals surface area contributed by atoms with Crippen LogP contribution in [-0.2, 0) is 0 Å². The van der Waals surface area contributed by atoms with Gasteiger partial charge in [-0.15, -0.1) is 5.10 Å². The minimum Gasteiger partial charge on any atom is -0.291 e. The first-order valence-corrected chi connectivity index (χ1v) is 10.9. The molecule has 7 nitrogen and oxygen atoms in total. The van der Waals surface area contributed by atoms with Crippen molar-refractivity contribution < 1.29 is 0 Å². The van der Waals surface area contributed by atoms with Crippen LogP contribution in [0.3, 0.4) is 0 Å². The van der Waals surface area contributed by atoms with Crippen molar-refractivity contribution in [2.24, 2.45) is 5.92 Å². The molecular weight excluding hydrogens is 394 g/mol. The number of rotatable bonds is 5. The number of hydrogen-bond acceptors (Lipinski definition) is 7. The van der Waals surface area contributed by atoms with Gasteiger partial charge < -0.3 is 0 Å². The molecule has 30 heavy (non-hydrogen) atoms. The third-order valence-electron chi connectivity index (χ3n) is 5.40. The third-order valence-corrected chi connectivity index (χ3v) is 6.40. The maximum absolute atomic E-state index is 4.79. The fraction of sp³-hybridized carbons (Fsp3) is 0.227. The third kappa shape index (κ3) is 3.28. The van der Waals surface area contributed by atoms with Crippen molar-refractivity contribution in [2.45, 2.75) is 29.2 Å². The molecule has 1 saturated carbocycles. The van der Waals surface area contributed by atoms with E-state index in [1.54, 1.807) is 30.4 Å². The molecule has 1 aliphatic carbocycles. The van der Waals surface area contributed by atoms with Crippen LogP contribution in [0.15, 0.2) is 71.4 Å². The second kappa shape index (κ2) is 7.30. The van der Waals surface area contributed by atoms with Gasteiger partial charge in [0.2, 0.25) is 5.82 Å². The SMILES string of the molecule is c1ccc(-c2cnc3c(c2)C(NCC2CC2)n2nc(-c4cnccn4)nc2S3)cc1. The summed E-state index contributed by atoms with van der Waals surface area (Å²) in [5.74, 6) is 1.33. The highest BCUT2D eigenvalue weighted by atomic mass is 32.2. The van der Waals surface area contributed by atoms with E-state index >= 15 is 0 Å². The van der Waals surface area contributed by atoms with Gasteiger partial charge in [-0.1, -0.05) is 30.3 Å². The van der Waals surface area contributed by atoms with E-state index in [1.807, 2.05) is 16.9 Å². The normalized spacial score (nSPS) is 17.4. The molecule has 2 aliphatic rings. The highest BCUT2D eigenvalue weighted by Gasteiger charge is 2.32. The molecule has 148 valence electrons. The maximum Gasteiger partial charge on any atom is 0.202 e. The average molecular weight is 414 g/mol. The number of fused-ring (bicyclic) bond motifs is 2. The molecule has 0 spiro atoms. The highest BCUT2D eigenvalue weighted by Crippen LogP contribution is 2.41.